The van der Waals surface area contributed by atoms with Crippen LogP contribution in [0, 0.1) is 0 Å². The lowest BCUT2D eigenvalue weighted by Gasteiger charge is -2.24. The first-order chi connectivity index (χ1) is 22.0. The number of aromatic nitrogens is 4. The summed E-state index contributed by atoms with van der Waals surface area (Å²) in [5.41, 5.74) is 2.07. The van der Waals surface area contributed by atoms with Crippen molar-refractivity contribution in [1.29, 1.82) is 0 Å². The number of hydrogen-bond donors (Lipinski definition) is 0. The molecule has 1 heterocycles. The first-order valence-electron chi connectivity index (χ1n) is 14.4. The predicted octanol–water partition coefficient (Wildman–Crippen LogP) is 5.30. The number of hydrogen-bond acceptors (Lipinski definition) is 8. The number of tetrazole rings is 1. The summed E-state index contributed by atoms with van der Waals surface area (Å²) in [6.45, 7) is 0.295. The summed E-state index contributed by atoms with van der Waals surface area (Å²) in [7, 11) is 2.94. The molecular formula is C34H33N5O6. The minimum absolute atomic E-state index is 0.0879. The highest BCUT2D eigenvalue weighted by molar-refractivity contribution is 5.97. The van der Waals surface area contributed by atoms with Crippen LogP contribution in [0.2, 0.25) is 0 Å². The molecule has 0 bridgehead atoms. The number of amides is 1. The molecule has 0 unspecified atom stereocenters. The lowest BCUT2D eigenvalue weighted by atomic mass is 10.1. The molecule has 1 aromatic heterocycles. The third-order valence-corrected chi connectivity index (χ3v) is 7.16. The van der Waals surface area contributed by atoms with Crippen LogP contribution in [-0.4, -0.2) is 52.6 Å². The number of anilines is 1. The summed E-state index contributed by atoms with van der Waals surface area (Å²) >= 11 is 0. The van der Waals surface area contributed by atoms with Gasteiger partial charge in [-0.15, -0.1) is 4.68 Å². The van der Waals surface area contributed by atoms with Gasteiger partial charge in [-0.1, -0.05) is 72.8 Å². The Morgan fingerprint density at radius 2 is 1.42 bits per heavy atom. The first-order valence-corrected chi connectivity index (χ1v) is 14.4. The van der Waals surface area contributed by atoms with E-state index in [2.05, 4.69) is 10.4 Å². The zero-order valence-electron chi connectivity index (χ0n) is 25.0. The molecule has 5 aromatic rings. The van der Waals surface area contributed by atoms with Gasteiger partial charge in [-0.3, -0.25) is 4.90 Å². The normalized spacial score (nSPS) is 10.7. The van der Waals surface area contributed by atoms with E-state index in [1.807, 2.05) is 60.7 Å². The van der Waals surface area contributed by atoms with E-state index < -0.39 is 17.7 Å². The molecule has 0 aliphatic heterocycles. The van der Waals surface area contributed by atoms with Gasteiger partial charge in [-0.05, 0) is 71.1 Å². The molecule has 0 saturated carbocycles. The first kappa shape index (κ1) is 30.7. The van der Waals surface area contributed by atoms with Crippen LogP contribution in [0.4, 0.5) is 10.5 Å². The maximum Gasteiger partial charge on any atom is 0.377 e. The summed E-state index contributed by atoms with van der Waals surface area (Å²) in [6, 6.07) is 30.1. The van der Waals surface area contributed by atoms with Gasteiger partial charge in [0.05, 0.1) is 25.5 Å². The molecule has 230 valence electrons. The number of ether oxygens (including phenoxy) is 3. The van der Waals surface area contributed by atoms with Gasteiger partial charge in [-0.25, -0.2) is 14.4 Å². The smallest absolute Gasteiger partial charge is 0.377 e. The van der Waals surface area contributed by atoms with Crippen LogP contribution in [0.5, 0.6) is 11.5 Å². The van der Waals surface area contributed by atoms with Gasteiger partial charge in [0.15, 0.2) is 0 Å². The minimum Gasteiger partial charge on any atom is -0.495 e. The lowest BCUT2D eigenvalue weighted by molar-refractivity contribution is 0.0472. The number of para-hydroxylation sites is 2. The summed E-state index contributed by atoms with van der Waals surface area (Å²) in [4.78, 5) is 42.0. The van der Waals surface area contributed by atoms with E-state index in [1.54, 1.807) is 36.4 Å². The molecule has 0 aliphatic rings. The SMILES string of the molecule is COc1ccc(C(=O)OCc2ccccc2)cc1N(CCCCc1ccccc1)C(=O)n1nnn(-c2ccccc2OC)c1=O. The van der Waals surface area contributed by atoms with Gasteiger partial charge in [-0.2, -0.15) is 4.68 Å². The Kier molecular flexibility index (Phi) is 10.0. The number of esters is 1. The van der Waals surface area contributed by atoms with E-state index in [0.717, 1.165) is 23.1 Å². The van der Waals surface area contributed by atoms with Gasteiger partial charge in [0.2, 0.25) is 0 Å². The standard InChI is InChI=1S/C34H33N5O6/c1-43-30-19-10-9-18-28(30)38-34(42)39(36-35-38)33(41)37(22-12-11-15-25-13-5-3-6-14-25)29-23-27(20-21-31(29)44-2)32(40)45-24-26-16-7-4-8-17-26/h3-10,13-14,16-21,23H,11-12,15,22,24H2,1-2H3. The Morgan fingerprint density at radius 1 is 0.756 bits per heavy atom. The fourth-order valence-electron chi connectivity index (χ4n) is 4.83. The molecule has 45 heavy (non-hydrogen) atoms. The Hall–Kier alpha value is -5.71. The zero-order chi connectivity index (χ0) is 31.6. The summed E-state index contributed by atoms with van der Waals surface area (Å²) in [5, 5.41) is 7.86. The van der Waals surface area contributed by atoms with Crippen molar-refractivity contribution < 1.29 is 23.8 Å². The van der Waals surface area contributed by atoms with Gasteiger partial charge >= 0.3 is 17.7 Å². The van der Waals surface area contributed by atoms with Gasteiger partial charge in [0.1, 0.15) is 23.8 Å². The molecule has 0 atom stereocenters. The third kappa shape index (κ3) is 7.27. The summed E-state index contributed by atoms with van der Waals surface area (Å²) in [5.74, 6) is 0.148. The van der Waals surface area contributed by atoms with Gasteiger partial charge < -0.3 is 14.2 Å². The van der Waals surface area contributed by atoms with Crippen molar-refractivity contribution in [2.24, 2.45) is 0 Å². The van der Waals surface area contributed by atoms with E-state index in [9.17, 15) is 14.4 Å². The quantitative estimate of drug-likeness (QED) is 0.107. The maximum atomic E-state index is 14.1. The molecule has 4 aromatic carbocycles. The van der Waals surface area contributed by atoms with Crippen molar-refractivity contribution >= 4 is 17.7 Å². The second-order valence-electron chi connectivity index (χ2n) is 10.1. The highest BCUT2D eigenvalue weighted by Gasteiger charge is 2.27. The molecule has 0 N–H and O–H groups in total. The van der Waals surface area contributed by atoms with Crippen LogP contribution in [0.15, 0.2) is 108 Å². The van der Waals surface area contributed by atoms with E-state index in [4.69, 9.17) is 14.2 Å². The largest absolute Gasteiger partial charge is 0.495 e. The fourth-order valence-corrected chi connectivity index (χ4v) is 4.83. The molecule has 0 radical (unpaired) electrons. The van der Waals surface area contributed by atoms with Crippen LogP contribution in [0.1, 0.15) is 34.3 Å². The van der Waals surface area contributed by atoms with Gasteiger partial charge in [0.25, 0.3) is 0 Å². The Bertz CT molecular complexity index is 1800. The van der Waals surface area contributed by atoms with E-state index >= 15 is 0 Å². The van der Waals surface area contributed by atoms with Gasteiger partial charge in [0, 0.05) is 6.54 Å². The Balaban J connectivity index is 1.45. The number of aryl methyl sites for hydroxylation is 1. The molecule has 5 rings (SSSR count). The molecule has 0 fully saturated rings. The number of unbranched alkanes of at least 4 members (excludes halogenated alkanes) is 1. The predicted molar refractivity (Wildman–Crippen MR) is 168 cm³/mol. The second-order valence-corrected chi connectivity index (χ2v) is 10.1. The van der Waals surface area contributed by atoms with Crippen LogP contribution < -0.4 is 20.1 Å². The average molecular weight is 608 g/mol. The molecular weight excluding hydrogens is 574 g/mol. The Labute approximate surface area is 260 Å². The van der Waals surface area contributed by atoms with Crippen LogP contribution in [0.25, 0.3) is 5.69 Å². The Morgan fingerprint density at radius 3 is 2.13 bits per heavy atom. The van der Waals surface area contributed by atoms with E-state index in [-0.39, 0.29) is 24.4 Å². The van der Waals surface area contributed by atoms with E-state index in [0.29, 0.717) is 28.3 Å². The molecule has 0 aliphatic carbocycles. The highest BCUT2D eigenvalue weighted by atomic mass is 16.5. The molecule has 0 saturated heterocycles. The molecule has 11 nitrogen and oxygen atoms in total. The number of benzene rings is 4. The number of carbonyl (C=O) groups is 2. The topological polar surface area (TPSA) is 118 Å². The maximum absolute atomic E-state index is 14.1. The van der Waals surface area contributed by atoms with E-state index in [1.165, 1.54) is 30.7 Å². The van der Waals surface area contributed by atoms with Crippen LogP contribution in [-0.2, 0) is 17.8 Å². The van der Waals surface area contributed by atoms with Crippen LogP contribution in [0.3, 0.4) is 0 Å². The van der Waals surface area contributed by atoms with Crippen molar-refractivity contribution in [3.8, 4) is 17.2 Å². The monoisotopic (exact) mass is 607 g/mol. The van der Waals surface area contributed by atoms with Crippen molar-refractivity contribution in [2.75, 3.05) is 25.7 Å². The highest BCUT2D eigenvalue weighted by Crippen LogP contribution is 2.31. The second kappa shape index (κ2) is 14.6. The molecule has 11 heteroatoms. The minimum atomic E-state index is -0.781. The van der Waals surface area contributed by atoms with Crippen molar-refractivity contribution in [3.63, 3.8) is 0 Å². The number of carbonyl (C=O) groups excluding carboxylic acids is 2. The molecule has 1 amide bonds. The fraction of sp³-hybridized carbons (Fsp3) is 0.206. The third-order valence-electron chi connectivity index (χ3n) is 7.16. The summed E-state index contributed by atoms with van der Waals surface area (Å²) in [6.07, 6.45) is 2.15. The average Bonchev–Trinajstić information content (AvgIpc) is 3.48. The molecule has 0 spiro atoms. The van der Waals surface area contributed by atoms with Crippen LogP contribution >= 0.6 is 0 Å². The van der Waals surface area contributed by atoms with Crippen molar-refractivity contribution in [2.45, 2.75) is 25.9 Å². The number of rotatable bonds is 12. The number of nitrogens with zero attached hydrogens (tertiary/aromatic N) is 5. The number of methoxy groups -OCH3 is 2. The lowest BCUT2D eigenvalue weighted by Crippen LogP contribution is -2.42. The van der Waals surface area contributed by atoms with Crippen molar-refractivity contribution in [1.82, 2.24) is 19.8 Å². The summed E-state index contributed by atoms with van der Waals surface area (Å²) < 4.78 is 18.2. The zero-order valence-corrected chi connectivity index (χ0v) is 25.0. The van der Waals surface area contributed by atoms with Crippen molar-refractivity contribution in [3.05, 3.63) is 130 Å².